The number of amides is 2. The van der Waals surface area contributed by atoms with E-state index in [0.717, 1.165) is 11.1 Å². The largest absolute Gasteiger partial charge is 0.354 e. The average Bonchev–Trinajstić information content (AvgIpc) is 2.86. The third-order valence-electron chi connectivity index (χ3n) is 5.64. The Morgan fingerprint density at radius 3 is 2.36 bits per heavy atom. The first kappa shape index (κ1) is 27.8. The number of nitrogens with one attached hydrogen (secondary N) is 1. The molecular weight excluding hydrogens is 495 g/mol. The fraction of sp³-hybridized carbons (Fsp3) is 0.310. The topological polar surface area (TPSA) is 49.4 Å². The number of rotatable bonds is 12. The third-order valence-corrected chi connectivity index (χ3v) is 6.84. The number of hydrogen-bond donors (Lipinski definition) is 1. The van der Waals surface area contributed by atoms with Crippen LogP contribution >= 0.6 is 23.4 Å². The minimum atomic E-state index is -0.702. The lowest BCUT2D eigenvalue weighted by Crippen LogP contribution is -2.51. The zero-order chi connectivity index (χ0) is 25.9. The van der Waals surface area contributed by atoms with Crippen LogP contribution in [0.5, 0.6) is 0 Å². The predicted molar refractivity (Wildman–Crippen MR) is 146 cm³/mol. The Kier molecular flexibility index (Phi) is 10.8. The van der Waals surface area contributed by atoms with Crippen LogP contribution in [-0.4, -0.2) is 35.1 Å². The highest BCUT2D eigenvalue weighted by molar-refractivity contribution is 7.99. The molecule has 0 fully saturated rings. The molecule has 1 atom stereocenters. The average molecular weight is 527 g/mol. The molecule has 0 aliphatic rings. The molecule has 0 heterocycles. The van der Waals surface area contributed by atoms with Gasteiger partial charge in [0.25, 0.3) is 0 Å². The van der Waals surface area contributed by atoms with Gasteiger partial charge in [0.15, 0.2) is 0 Å². The van der Waals surface area contributed by atoms with Crippen LogP contribution in [0.25, 0.3) is 0 Å². The third kappa shape index (κ3) is 8.68. The smallest absolute Gasteiger partial charge is 0.243 e. The molecule has 0 aromatic heterocycles. The van der Waals surface area contributed by atoms with E-state index in [2.05, 4.69) is 5.32 Å². The van der Waals surface area contributed by atoms with Crippen molar-refractivity contribution in [1.29, 1.82) is 0 Å². The number of nitrogens with zero attached hydrogens (tertiary/aromatic N) is 1. The van der Waals surface area contributed by atoms with Gasteiger partial charge in [0.1, 0.15) is 11.9 Å². The molecule has 0 saturated heterocycles. The van der Waals surface area contributed by atoms with E-state index in [4.69, 9.17) is 11.6 Å². The maximum absolute atomic E-state index is 14.1. The molecule has 3 aromatic rings. The Bertz CT molecular complexity index is 1140. The summed E-state index contributed by atoms with van der Waals surface area (Å²) in [6.07, 6.45) is 0.384. The van der Waals surface area contributed by atoms with Gasteiger partial charge in [-0.25, -0.2) is 4.39 Å². The molecule has 4 nitrogen and oxygen atoms in total. The van der Waals surface area contributed by atoms with Gasteiger partial charge in [-0.15, -0.1) is 11.8 Å². The molecule has 0 bridgehead atoms. The van der Waals surface area contributed by atoms with Crippen LogP contribution in [0.15, 0.2) is 78.9 Å². The zero-order valence-corrected chi connectivity index (χ0v) is 22.2. The van der Waals surface area contributed by atoms with E-state index in [1.54, 1.807) is 35.2 Å². The molecule has 190 valence electrons. The maximum atomic E-state index is 14.1. The molecule has 0 spiro atoms. The molecule has 0 unspecified atom stereocenters. The van der Waals surface area contributed by atoms with Crippen molar-refractivity contribution in [3.8, 4) is 0 Å². The van der Waals surface area contributed by atoms with Gasteiger partial charge in [0.05, 0.1) is 5.75 Å². The monoisotopic (exact) mass is 526 g/mol. The first-order valence-corrected chi connectivity index (χ1v) is 13.5. The van der Waals surface area contributed by atoms with E-state index in [0.29, 0.717) is 29.3 Å². The molecule has 3 rings (SSSR count). The van der Waals surface area contributed by atoms with Crippen LogP contribution in [0.4, 0.5) is 4.39 Å². The number of thioether (sulfide) groups is 1. The Morgan fingerprint density at radius 2 is 1.67 bits per heavy atom. The normalized spacial score (nSPS) is 11.8. The number of benzene rings is 3. The fourth-order valence-corrected chi connectivity index (χ4v) is 4.86. The van der Waals surface area contributed by atoms with Crippen molar-refractivity contribution in [2.45, 2.75) is 38.6 Å². The minimum Gasteiger partial charge on any atom is -0.354 e. The number of carbonyl (C=O) groups is 2. The van der Waals surface area contributed by atoms with Crippen molar-refractivity contribution >= 4 is 35.2 Å². The summed E-state index contributed by atoms with van der Waals surface area (Å²) in [5.41, 5.74) is 2.35. The summed E-state index contributed by atoms with van der Waals surface area (Å²) in [6, 6.07) is 22.8. The molecule has 0 radical (unpaired) electrons. The van der Waals surface area contributed by atoms with Crippen molar-refractivity contribution in [2.24, 2.45) is 5.92 Å². The van der Waals surface area contributed by atoms with Gasteiger partial charge in [-0.1, -0.05) is 86.1 Å². The van der Waals surface area contributed by atoms with Crippen molar-refractivity contribution in [3.05, 3.63) is 106 Å². The Balaban J connectivity index is 1.85. The molecule has 0 saturated carbocycles. The van der Waals surface area contributed by atoms with Gasteiger partial charge in [-0.3, -0.25) is 9.59 Å². The summed E-state index contributed by atoms with van der Waals surface area (Å²) in [4.78, 5) is 28.6. The molecule has 36 heavy (non-hydrogen) atoms. The van der Waals surface area contributed by atoms with Gasteiger partial charge < -0.3 is 10.2 Å². The van der Waals surface area contributed by atoms with Crippen molar-refractivity contribution in [2.75, 3.05) is 12.3 Å². The summed E-state index contributed by atoms with van der Waals surface area (Å²) in [5.74, 6) is 0.103. The number of halogens is 2. The van der Waals surface area contributed by atoms with Gasteiger partial charge in [0.2, 0.25) is 11.8 Å². The molecule has 0 aliphatic carbocycles. The molecule has 0 aliphatic heterocycles. The van der Waals surface area contributed by atoms with E-state index in [1.165, 1.54) is 17.8 Å². The number of hydrogen-bond acceptors (Lipinski definition) is 3. The second kappa shape index (κ2) is 14.0. The second-order valence-electron chi connectivity index (χ2n) is 9.08. The van der Waals surface area contributed by atoms with Gasteiger partial charge in [0, 0.05) is 30.3 Å². The van der Waals surface area contributed by atoms with E-state index in [9.17, 15) is 14.0 Å². The minimum absolute atomic E-state index is 0.123. The van der Waals surface area contributed by atoms with Crippen LogP contribution in [0.2, 0.25) is 5.02 Å². The maximum Gasteiger partial charge on any atom is 0.243 e. The highest BCUT2D eigenvalue weighted by atomic mass is 35.5. The standard InChI is InChI=1S/C29H32ClFN2O2S/c1-21(2)17-32-29(35)27(16-22-9-4-3-5-10-22)33(18-23-11-8-13-25(30)15-23)28(34)20-36-19-24-12-6-7-14-26(24)31/h3-15,21,27H,16-20H2,1-2H3,(H,32,35)/t27-/m0/s1. The number of carbonyl (C=O) groups excluding carboxylic acids is 2. The summed E-state index contributed by atoms with van der Waals surface area (Å²) in [6.45, 7) is 4.82. The van der Waals surface area contributed by atoms with E-state index in [1.807, 2.05) is 56.3 Å². The first-order chi connectivity index (χ1) is 17.3. The lowest BCUT2D eigenvalue weighted by atomic mass is 10.0. The van der Waals surface area contributed by atoms with Gasteiger partial charge >= 0.3 is 0 Å². The Hall–Kier alpha value is -2.83. The quantitative estimate of drug-likeness (QED) is 0.309. The van der Waals surface area contributed by atoms with Crippen LogP contribution < -0.4 is 5.32 Å². The summed E-state index contributed by atoms with van der Waals surface area (Å²) in [5, 5.41) is 3.58. The van der Waals surface area contributed by atoms with E-state index >= 15 is 0 Å². The van der Waals surface area contributed by atoms with Crippen molar-refractivity contribution in [3.63, 3.8) is 0 Å². The van der Waals surface area contributed by atoms with Crippen LogP contribution in [0.3, 0.4) is 0 Å². The molecule has 3 aromatic carbocycles. The summed E-state index contributed by atoms with van der Waals surface area (Å²) < 4.78 is 14.1. The first-order valence-electron chi connectivity index (χ1n) is 12.0. The SMILES string of the molecule is CC(C)CNC(=O)[C@H](Cc1ccccc1)N(Cc1cccc(Cl)c1)C(=O)CSCc1ccccc1F. The predicted octanol–water partition coefficient (Wildman–Crippen LogP) is 6.12. The van der Waals surface area contributed by atoms with Crippen molar-refractivity contribution < 1.29 is 14.0 Å². The lowest BCUT2D eigenvalue weighted by Gasteiger charge is -2.32. The molecule has 7 heteroatoms. The summed E-state index contributed by atoms with van der Waals surface area (Å²) >= 11 is 7.54. The van der Waals surface area contributed by atoms with Crippen molar-refractivity contribution in [1.82, 2.24) is 10.2 Å². The highest BCUT2D eigenvalue weighted by Gasteiger charge is 2.30. The van der Waals surface area contributed by atoms with E-state index < -0.39 is 6.04 Å². The molecular formula is C29H32ClFN2O2S. The van der Waals surface area contributed by atoms with E-state index in [-0.39, 0.29) is 35.8 Å². The van der Waals surface area contributed by atoms with Crippen LogP contribution in [0.1, 0.15) is 30.5 Å². The Labute approximate surface area is 222 Å². The lowest BCUT2D eigenvalue weighted by molar-refractivity contribution is -0.139. The van der Waals surface area contributed by atoms with Crippen LogP contribution in [-0.2, 0) is 28.3 Å². The highest BCUT2D eigenvalue weighted by Crippen LogP contribution is 2.21. The Morgan fingerprint density at radius 1 is 0.972 bits per heavy atom. The summed E-state index contributed by atoms with van der Waals surface area (Å²) in [7, 11) is 0. The van der Waals surface area contributed by atoms with Gasteiger partial charge in [-0.2, -0.15) is 0 Å². The van der Waals surface area contributed by atoms with Crippen LogP contribution in [0, 0.1) is 11.7 Å². The molecule has 2 amide bonds. The van der Waals surface area contributed by atoms with Gasteiger partial charge in [-0.05, 0) is 40.8 Å². The zero-order valence-electron chi connectivity index (χ0n) is 20.6. The molecule has 1 N–H and O–H groups in total. The second-order valence-corrected chi connectivity index (χ2v) is 10.5. The fourth-order valence-electron chi connectivity index (χ4n) is 3.76.